The van der Waals surface area contributed by atoms with Gasteiger partial charge in [0.05, 0.1) is 45.4 Å². The largest absolute Gasteiger partial charge is 0.481 e. The number of carbonyl (C=O) groups is 6. The molecule has 14 nitrogen and oxygen atoms in total. The normalized spacial score (nSPS) is 18.2. The van der Waals surface area contributed by atoms with E-state index in [1.807, 2.05) is 93.3 Å². The molecule has 0 saturated carbocycles. The molecule has 4 N–H and O–H groups in total. The fourth-order valence-electron chi connectivity index (χ4n) is 7.09. The molecule has 2 saturated heterocycles. The first-order chi connectivity index (χ1) is 28.6. The van der Waals surface area contributed by atoms with E-state index in [2.05, 4.69) is 27.8 Å². The lowest BCUT2D eigenvalue weighted by Crippen LogP contribution is -2.59. The maximum Gasteiger partial charge on any atom is 0.304 e. The fourth-order valence-corrected chi connectivity index (χ4v) is 7.09. The van der Waals surface area contributed by atoms with Crippen molar-refractivity contribution in [3.63, 3.8) is 0 Å². The minimum Gasteiger partial charge on any atom is -0.481 e. The molecular weight excluding hydrogens is 767 g/mol. The number of aliphatic carboxylic acids is 1. The summed E-state index contributed by atoms with van der Waals surface area (Å²) < 4.78 is 10.9. The summed E-state index contributed by atoms with van der Waals surface area (Å²) in [6.07, 6.45) is 1.30. The van der Waals surface area contributed by atoms with Gasteiger partial charge in [0.2, 0.25) is 23.6 Å². The molecule has 2 aromatic rings. The first-order valence-corrected chi connectivity index (χ1v) is 21.1. The van der Waals surface area contributed by atoms with Crippen LogP contribution in [0.5, 0.6) is 0 Å². The van der Waals surface area contributed by atoms with Crippen LogP contribution in [0.4, 0.5) is 0 Å². The number of aryl methyl sites for hydroxylation is 1. The molecule has 5 atom stereocenters. The smallest absolute Gasteiger partial charge is 0.304 e. The summed E-state index contributed by atoms with van der Waals surface area (Å²) in [5.41, 5.74) is 0.772. The zero-order valence-corrected chi connectivity index (χ0v) is 35.7. The monoisotopic (exact) mass is 829 g/mol. The van der Waals surface area contributed by atoms with Crippen LogP contribution in [0.3, 0.4) is 0 Å². The van der Waals surface area contributed by atoms with Gasteiger partial charge in [0.15, 0.2) is 5.78 Å². The Morgan fingerprint density at radius 3 is 1.92 bits per heavy atom. The lowest BCUT2D eigenvalue weighted by molar-refractivity contribution is -0.142. The van der Waals surface area contributed by atoms with Gasteiger partial charge in [-0.05, 0) is 55.6 Å². The number of rotatable bonds is 23. The fraction of sp³-hybridized carbons (Fsp3) is 0.565. The summed E-state index contributed by atoms with van der Waals surface area (Å²) >= 11 is 0. The summed E-state index contributed by atoms with van der Waals surface area (Å²) in [6.45, 7) is 11.6. The Kier molecular flexibility index (Phi) is 18.7. The maximum atomic E-state index is 14.6. The number of nitrogens with one attached hydrogen (secondary N) is 3. The zero-order chi connectivity index (χ0) is 43.7. The second kappa shape index (κ2) is 23.6. The van der Waals surface area contributed by atoms with Gasteiger partial charge in [-0.2, -0.15) is 0 Å². The Hall–Kier alpha value is -5.10. The molecule has 0 aliphatic carbocycles. The van der Waals surface area contributed by atoms with Crippen molar-refractivity contribution in [1.82, 2.24) is 25.8 Å². The van der Waals surface area contributed by atoms with Gasteiger partial charge in [-0.15, -0.1) is 5.92 Å². The van der Waals surface area contributed by atoms with E-state index in [0.29, 0.717) is 39.1 Å². The Morgan fingerprint density at radius 1 is 0.783 bits per heavy atom. The van der Waals surface area contributed by atoms with Crippen molar-refractivity contribution in [1.29, 1.82) is 0 Å². The lowest BCUT2D eigenvalue weighted by Gasteiger charge is -2.34. The van der Waals surface area contributed by atoms with Crippen molar-refractivity contribution < 1.29 is 43.3 Å². The van der Waals surface area contributed by atoms with Gasteiger partial charge >= 0.3 is 5.97 Å². The SMILES string of the molecule is CC(C)C[C@H](NC(=O)[C@H](CCc1ccccc1)N(CC#CCCC(=O)O)C(=O)CN1CCOCC1)C(=O)N[C@@H](Cc1ccccc1)C(=O)N[C@@H](CC(C)C)C(=O)[C@]1(C)CO1. The van der Waals surface area contributed by atoms with E-state index in [1.165, 1.54) is 4.90 Å². The molecule has 0 aromatic heterocycles. The highest BCUT2D eigenvalue weighted by Crippen LogP contribution is 2.30. The van der Waals surface area contributed by atoms with Crippen molar-refractivity contribution in [2.24, 2.45) is 11.8 Å². The van der Waals surface area contributed by atoms with Gasteiger partial charge in [0.25, 0.3) is 0 Å². The topological polar surface area (TPSA) is 187 Å². The second-order valence-corrected chi connectivity index (χ2v) is 16.7. The van der Waals surface area contributed by atoms with Gasteiger partial charge in [0.1, 0.15) is 23.7 Å². The predicted molar refractivity (Wildman–Crippen MR) is 226 cm³/mol. The number of benzene rings is 2. The van der Waals surface area contributed by atoms with Gasteiger partial charge in [-0.25, -0.2) is 0 Å². The highest BCUT2D eigenvalue weighted by atomic mass is 16.6. The van der Waals surface area contributed by atoms with E-state index in [9.17, 15) is 28.8 Å². The molecule has 326 valence electrons. The molecular formula is C46H63N5O9. The molecule has 60 heavy (non-hydrogen) atoms. The third-order valence-corrected chi connectivity index (χ3v) is 10.5. The van der Waals surface area contributed by atoms with Gasteiger partial charge in [0, 0.05) is 25.9 Å². The summed E-state index contributed by atoms with van der Waals surface area (Å²) in [5.74, 6) is 2.56. The van der Waals surface area contributed by atoms with Crippen LogP contribution in [0.15, 0.2) is 60.7 Å². The number of epoxide rings is 1. The molecule has 2 aliphatic heterocycles. The van der Waals surface area contributed by atoms with Crippen LogP contribution in [0, 0.1) is 23.7 Å². The molecule has 2 heterocycles. The summed E-state index contributed by atoms with van der Waals surface area (Å²) in [5, 5.41) is 17.9. The van der Waals surface area contributed by atoms with Crippen LogP contribution in [-0.2, 0) is 51.1 Å². The number of hydrogen-bond donors (Lipinski definition) is 4. The summed E-state index contributed by atoms with van der Waals surface area (Å²) in [7, 11) is 0. The second-order valence-electron chi connectivity index (χ2n) is 16.7. The third-order valence-electron chi connectivity index (χ3n) is 10.5. The van der Waals surface area contributed by atoms with Crippen LogP contribution < -0.4 is 16.0 Å². The number of amides is 4. The Bertz CT molecular complexity index is 1800. The van der Waals surface area contributed by atoms with Crippen LogP contribution in [0.1, 0.15) is 77.8 Å². The number of carboxylic acid groups (broad SMARTS) is 1. The van der Waals surface area contributed by atoms with Crippen LogP contribution in [0.2, 0.25) is 0 Å². The molecule has 14 heteroatoms. The Labute approximate surface area is 354 Å². The number of nitrogens with zero attached hydrogens (tertiary/aromatic N) is 2. The first kappa shape index (κ1) is 47.6. The highest BCUT2D eigenvalue weighted by molar-refractivity contribution is 5.99. The number of ketones is 1. The average Bonchev–Trinajstić information content (AvgIpc) is 3.97. The van der Waals surface area contributed by atoms with Gasteiger partial charge in [-0.1, -0.05) is 94.3 Å². The van der Waals surface area contributed by atoms with Crippen LogP contribution >= 0.6 is 0 Å². The van der Waals surface area contributed by atoms with E-state index in [4.69, 9.17) is 14.6 Å². The molecule has 2 aliphatic rings. The van der Waals surface area contributed by atoms with Crippen molar-refractivity contribution in [2.75, 3.05) is 46.0 Å². The van der Waals surface area contributed by atoms with E-state index in [-0.39, 0.29) is 75.3 Å². The summed E-state index contributed by atoms with van der Waals surface area (Å²) in [6, 6.07) is 14.7. The van der Waals surface area contributed by atoms with Gasteiger partial charge < -0.3 is 35.4 Å². The third kappa shape index (κ3) is 15.8. The van der Waals surface area contributed by atoms with Crippen molar-refractivity contribution >= 4 is 35.4 Å². The van der Waals surface area contributed by atoms with E-state index in [0.717, 1.165) is 11.1 Å². The molecule has 4 amide bonds. The molecule has 0 radical (unpaired) electrons. The number of morpholine rings is 1. The average molecular weight is 830 g/mol. The molecule has 2 aromatic carbocycles. The predicted octanol–water partition coefficient (Wildman–Crippen LogP) is 3.16. The van der Waals surface area contributed by atoms with Crippen LogP contribution in [-0.4, -0.2) is 126 Å². The van der Waals surface area contributed by atoms with Crippen molar-refractivity contribution in [2.45, 2.75) is 109 Å². The minimum atomic E-state index is -1.09. The Morgan fingerprint density at radius 2 is 1.33 bits per heavy atom. The highest BCUT2D eigenvalue weighted by Gasteiger charge is 2.50. The summed E-state index contributed by atoms with van der Waals surface area (Å²) in [4.78, 5) is 85.3. The quantitative estimate of drug-likeness (QED) is 0.0958. The number of carboxylic acids is 1. The standard InChI is InChI=1S/C46H63N5O9/c1-32(2)27-36(42(55)46(5)31-60-46)47-44(57)38(29-35-17-11-7-12-18-35)48-43(56)37(28-33(3)4)49-45(58)39(21-20-34-15-9-6-10-16-34)51(22-14-8-13-19-41(53)54)40(52)30-50-23-25-59-26-24-50/h6-7,9-12,15-18,32-33,36-39H,13,19-31H2,1-5H3,(H,47,57)(H,48,56)(H,49,58)(H,53,54)/t36-,37-,38-,39-,46-/m0/s1. The number of Topliss-reactive ketones (excluding diaryl/α,β-unsaturated/α-hetero) is 1. The zero-order valence-electron chi connectivity index (χ0n) is 35.7. The molecule has 4 rings (SSSR count). The van der Waals surface area contributed by atoms with Gasteiger partial charge in [-0.3, -0.25) is 33.7 Å². The van der Waals surface area contributed by atoms with E-state index in [1.54, 1.807) is 6.92 Å². The number of ether oxygens (including phenoxy) is 2. The molecule has 0 bridgehead atoms. The minimum absolute atomic E-state index is 0.0209. The van der Waals surface area contributed by atoms with Crippen molar-refractivity contribution in [3.8, 4) is 11.8 Å². The maximum absolute atomic E-state index is 14.6. The Balaban J connectivity index is 1.63. The van der Waals surface area contributed by atoms with E-state index < -0.39 is 53.5 Å². The molecule has 0 spiro atoms. The molecule has 2 fully saturated rings. The number of carbonyl (C=O) groups excluding carboxylic acids is 5. The first-order valence-electron chi connectivity index (χ1n) is 21.1. The van der Waals surface area contributed by atoms with Crippen molar-refractivity contribution in [3.05, 3.63) is 71.8 Å². The van der Waals surface area contributed by atoms with E-state index >= 15 is 0 Å². The number of hydrogen-bond acceptors (Lipinski definition) is 9. The lowest BCUT2D eigenvalue weighted by atomic mass is 9.93. The van der Waals surface area contributed by atoms with Crippen LogP contribution in [0.25, 0.3) is 0 Å². The molecule has 0 unspecified atom stereocenters.